The average molecular weight is 343 g/mol. The highest BCUT2D eigenvalue weighted by Crippen LogP contribution is 2.18. The minimum atomic E-state index is 0.108. The van der Waals surface area contributed by atoms with Crippen molar-refractivity contribution < 1.29 is 4.74 Å². The SMILES string of the molecule is C=C(/C=C1/NC=CN/C1=C(/N)NC[C@@H]1CNCCO1)c1ccnn1C. The first-order chi connectivity index (χ1) is 12.1. The number of hydrogen-bond donors (Lipinski definition) is 5. The van der Waals surface area contributed by atoms with Gasteiger partial charge in [0.25, 0.3) is 0 Å². The number of nitrogens with one attached hydrogen (secondary N) is 4. The van der Waals surface area contributed by atoms with Crippen molar-refractivity contribution in [2.24, 2.45) is 12.8 Å². The van der Waals surface area contributed by atoms with Crippen molar-refractivity contribution >= 4 is 5.57 Å². The molecule has 6 N–H and O–H groups in total. The van der Waals surface area contributed by atoms with E-state index in [9.17, 15) is 0 Å². The summed E-state index contributed by atoms with van der Waals surface area (Å²) in [5.74, 6) is 0.551. The van der Waals surface area contributed by atoms with Gasteiger partial charge in [-0.1, -0.05) is 6.58 Å². The number of allylic oxidation sites excluding steroid dienone is 2. The quantitative estimate of drug-likeness (QED) is 0.500. The van der Waals surface area contributed by atoms with Crippen LogP contribution in [0.15, 0.2) is 54.5 Å². The van der Waals surface area contributed by atoms with Gasteiger partial charge in [-0.2, -0.15) is 5.10 Å². The summed E-state index contributed by atoms with van der Waals surface area (Å²) in [7, 11) is 1.89. The van der Waals surface area contributed by atoms with Crippen LogP contribution in [0.3, 0.4) is 0 Å². The average Bonchev–Trinajstić information content (AvgIpc) is 3.07. The zero-order chi connectivity index (χ0) is 17.6. The van der Waals surface area contributed by atoms with Gasteiger partial charge in [-0.25, -0.2) is 0 Å². The summed E-state index contributed by atoms with van der Waals surface area (Å²) < 4.78 is 7.46. The Kier molecular flexibility index (Phi) is 5.42. The van der Waals surface area contributed by atoms with Gasteiger partial charge < -0.3 is 31.7 Å². The van der Waals surface area contributed by atoms with Gasteiger partial charge in [0.2, 0.25) is 0 Å². The number of aryl methyl sites for hydroxylation is 1. The lowest BCUT2D eigenvalue weighted by Crippen LogP contribution is -2.45. The van der Waals surface area contributed by atoms with E-state index >= 15 is 0 Å². The molecule has 8 nitrogen and oxygen atoms in total. The fourth-order valence-electron chi connectivity index (χ4n) is 2.74. The maximum Gasteiger partial charge on any atom is 0.123 e. The third kappa shape index (κ3) is 4.23. The van der Waals surface area contributed by atoms with Gasteiger partial charge in [0.15, 0.2) is 0 Å². The lowest BCUT2D eigenvalue weighted by atomic mass is 10.1. The summed E-state index contributed by atoms with van der Waals surface area (Å²) in [4.78, 5) is 0. The first kappa shape index (κ1) is 17.1. The lowest BCUT2D eigenvalue weighted by molar-refractivity contribution is 0.0306. The zero-order valence-electron chi connectivity index (χ0n) is 14.4. The van der Waals surface area contributed by atoms with E-state index in [1.807, 2.05) is 25.4 Å². The van der Waals surface area contributed by atoms with E-state index < -0.39 is 0 Å². The van der Waals surface area contributed by atoms with Crippen LogP contribution in [0.1, 0.15) is 5.69 Å². The van der Waals surface area contributed by atoms with Crippen LogP contribution in [0.2, 0.25) is 0 Å². The largest absolute Gasteiger partial charge is 0.384 e. The molecule has 8 heteroatoms. The summed E-state index contributed by atoms with van der Waals surface area (Å²) in [6.45, 7) is 7.21. The van der Waals surface area contributed by atoms with Crippen LogP contribution >= 0.6 is 0 Å². The molecule has 2 aliphatic rings. The second-order valence-corrected chi connectivity index (χ2v) is 5.91. The second kappa shape index (κ2) is 7.91. The van der Waals surface area contributed by atoms with Crippen molar-refractivity contribution in [3.05, 3.63) is 60.2 Å². The van der Waals surface area contributed by atoms with Crippen molar-refractivity contribution in [1.82, 2.24) is 31.0 Å². The Bertz CT molecular complexity index is 710. The fraction of sp³-hybridized carbons (Fsp3) is 0.353. The number of morpholine rings is 1. The summed E-state index contributed by atoms with van der Waals surface area (Å²) in [5, 5.41) is 17.1. The van der Waals surface area contributed by atoms with Gasteiger partial charge in [0.05, 0.1) is 24.1 Å². The van der Waals surface area contributed by atoms with E-state index in [1.54, 1.807) is 17.1 Å². The van der Waals surface area contributed by atoms with Crippen molar-refractivity contribution in [1.29, 1.82) is 0 Å². The summed E-state index contributed by atoms with van der Waals surface area (Å²) >= 11 is 0. The first-order valence-electron chi connectivity index (χ1n) is 8.28. The van der Waals surface area contributed by atoms with Gasteiger partial charge in [-0.15, -0.1) is 0 Å². The van der Waals surface area contributed by atoms with Crippen LogP contribution in [0.25, 0.3) is 5.57 Å². The summed E-state index contributed by atoms with van der Waals surface area (Å²) in [5.41, 5.74) is 9.63. The molecule has 1 aromatic heterocycles. The number of rotatable bonds is 5. The van der Waals surface area contributed by atoms with Crippen LogP contribution in [-0.2, 0) is 11.8 Å². The molecule has 0 amide bonds. The summed E-state index contributed by atoms with van der Waals surface area (Å²) in [6.07, 6.45) is 7.41. The van der Waals surface area contributed by atoms with Gasteiger partial charge in [0, 0.05) is 45.3 Å². The predicted molar refractivity (Wildman–Crippen MR) is 97.6 cm³/mol. The highest BCUT2D eigenvalue weighted by atomic mass is 16.5. The number of ether oxygens (including phenoxy) is 1. The molecule has 0 aromatic carbocycles. The van der Waals surface area contributed by atoms with Crippen LogP contribution in [-0.4, -0.2) is 42.1 Å². The Balaban J connectivity index is 1.73. The van der Waals surface area contributed by atoms with E-state index in [0.717, 1.165) is 42.4 Å². The minimum absolute atomic E-state index is 0.108. The van der Waals surface area contributed by atoms with Crippen molar-refractivity contribution in [3.8, 4) is 0 Å². The van der Waals surface area contributed by atoms with E-state index in [0.29, 0.717) is 12.4 Å². The Morgan fingerprint density at radius 3 is 3.08 bits per heavy atom. The van der Waals surface area contributed by atoms with Gasteiger partial charge >= 0.3 is 0 Å². The monoisotopic (exact) mass is 343 g/mol. The molecule has 0 saturated carbocycles. The normalized spacial score (nSPS) is 23.7. The van der Waals surface area contributed by atoms with E-state index in [-0.39, 0.29) is 6.10 Å². The van der Waals surface area contributed by atoms with Gasteiger partial charge in [-0.05, 0) is 17.7 Å². The molecule has 25 heavy (non-hydrogen) atoms. The molecule has 0 radical (unpaired) electrons. The van der Waals surface area contributed by atoms with Crippen LogP contribution in [0.5, 0.6) is 0 Å². The molecule has 2 aliphatic heterocycles. The zero-order valence-corrected chi connectivity index (χ0v) is 14.4. The molecule has 3 heterocycles. The molecule has 1 aromatic rings. The Hall–Kier alpha value is -2.71. The maximum atomic E-state index is 6.25. The lowest BCUT2D eigenvalue weighted by Gasteiger charge is -2.25. The minimum Gasteiger partial charge on any atom is -0.384 e. The molecule has 1 atom stereocenters. The Morgan fingerprint density at radius 1 is 1.52 bits per heavy atom. The Labute approximate surface area is 147 Å². The third-order valence-electron chi connectivity index (χ3n) is 4.08. The second-order valence-electron chi connectivity index (χ2n) is 5.91. The molecule has 134 valence electrons. The fourth-order valence-corrected chi connectivity index (χ4v) is 2.74. The van der Waals surface area contributed by atoms with E-state index in [4.69, 9.17) is 10.5 Å². The van der Waals surface area contributed by atoms with Gasteiger partial charge in [-0.3, -0.25) is 4.68 Å². The molecule has 0 spiro atoms. The van der Waals surface area contributed by atoms with E-state index in [2.05, 4.69) is 32.9 Å². The third-order valence-corrected chi connectivity index (χ3v) is 4.08. The van der Waals surface area contributed by atoms with Crippen molar-refractivity contribution in [2.45, 2.75) is 6.10 Å². The topological polar surface area (TPSA) is 101 Å². The molecule has 1 fully saturated rings. The maximum absolute atomic E-state index is 6.25. The van der Waals surface area contributed by atoms with Gasteiger partial charge in [0.1, 0.15) is 11.5 Å². The smallest absolute Gasteiger partial charge is 0.123 e. The van der Waals surface area contributed by atoms with E-state index in [1.165, 1.54) is 0 Å². The van der Waals surface area contributed by atoms with Crippen molar-refractivity contribution in [3.63, 3.8) is 0 Å². The standard InChI is InChI=1S/C17H25N7O/c1-12(15-3-4-23-24(15)2)9-14-16(21-6-5-20-14)17(18)22-11-13-10-19-7-8-25-13/h3-6,9,13,19-22H,1,7-8,10-11,18H2,2H3/b14-9+,17-16-/t13-/m0/s1. The molecule has 3 rings (SSSR count). The van der Waals surface area contributed by atoms with Crippen LogP contribution < -0.4 is 27.0 Å². The molecule has 0 unspecified atom stereocenters. The molecule has 0 aliphatic carbocycles. The predicted octanol–water partition coefficient (Wildman–Crippen LogP) is -0.313. The molecular formula is C17H25N7O. The Morgan fingerprint density at radius 2 is 2.36 bits per heavy atom. The summed E-state index contributed by atoms with van der Waals surface area (Å²) in [6, 6.07) is 1.92. The van der Waals surface area contributed by atoms with Crippen LogP contribution in [0, 0.1) is 0 Å². The molecule has 0 bridgehead atoms. The molecular weight excluding hydrogens is 318 g/mol. The number of hydrogen-bond acceptors (Lipinski definition) is 7. The first-order valence-corrected chi connectivity index (χ1v) is 8.28. The molecule has 1 saturated heterocycles. The highest BCUT2D eigenvalue weighted by Gasteiger charge is 2.16. The number of aromatic nitrogens is 2. The van der Waals surface area contributed by atoms with Crippen LogP contribution in [0.4, 0.5) is 0 Å². The van der Waals surface area contributed by atoms with Crippen molar-refractivity contribution in [2.75, 3.05) is 26.2 Å². The number of nitrogens with two attached hydrogens (primary N) is 1. The highest BCUT2D eigenvalue weighted by molar-refractivity contribution is 5.71. The number of nitrogens with zero attached hydrogens (tertiary/aromatic N) is 2.